The van der Waals surface area contributed by atoms with E-state index in [1.807, 2.05) is 47.0 Å². The number of carbonyl (C=O) groups is 1. The average molecular weight is 381 g/mol. The third-order valence-corrected chi connectivity index (χ3v) is 5.15. The molecule has 0 bridgehead atoms. The number of carbonyl (C=O) groups excluding carboxylic acids is 1. The molecule has 1 aromatic heterocycles. The van der Waals surface area contributed by atoms with Crippen LogP contribution in [0.4, 0.5) is 0 Å². The third-order valence-electron chi connectivity index (χ3n) is 4.13. The van der Waals surface area contributed by atoms with Crippen LogP contribution in [0, 0.1) is 0 Å². The number of hydrogen-bond donors (Lipinski definition) is 1. The number of hydrogen-bond acceptors (Lipinski definition) is 4. The molecule has 5 nitrogen and oxygen atoms in total. The standard InChI is InChI=1S/C18H24N4OS.ClH/c1-13(2)24-15-6-4-14(5-7-15)18(23)22-11-8-19-12-16(22)17-20-9-10-21(17)3;/h4-7,9-10,13,16,19H,8,11-12H2,1-3H3;1H. The van der Waals surface area contributed by atoms with E-state index in [4.69, 9.17) is 0 Å². The fraction of sp³-hybridized carbons (Fsp3) is 0.444. The van der Waals surface area contributed by atoms with Gasteiger partial charge in [-0.3, -0.25) is 4.79 Å². The number of amides is 1. The SMILES string of the molecule is CC(C)Sc1ccc(C(=O)N2CCNCC2c2nccn2C)cc1.Cl. The number of aromatic nitrogens is 2. The Labute approximate surface area is 159 Å². The van der Waals surface area contributed by atoms with E-state index in [1.54, 1.807) is 18.0 Å². The van der Waals surface area contributed by atoms with Crippen molar-refractivity contribution in [1.82, 2.24) is 19.8 Å². The predicted molar refractivity (Wildman–Crippen MR) is 105 cm³/mol. The Balaban J connectivity index is 0.00000225. The van der Waals surface area contributed by atoms with Gasteiger partial charge in [-0.2, -0.15) is 0 Å². The Kier molecular flexibility index (Phi) is 6.93. The summed E-state index contributed by atoms with van der Waals surface area (Å²) in [4.78, 5) is 20.6. The summed E-state index contributed by atoms with van der Waals surface area (Å²) in [6.45, 7) is 6.58. The average Bonchev–Trinajstić information content (AvgIpc) is 3.00. The van der Waals surface area contributed by atoms with Gasteiger partial charge in [0.05, 0.1) is 0 Å². The van der Waals surface area contributed by atoms with Crippen LogP contribution >= 0.6 is 24.2 Å². The number of aryl methyl sites for hydroxylation is 1. The molecular weight excluding hydrogens is 356 g/mol. The fourth-order valence-corrected chi connectivity index (χ4v) is 3.83. The maximum atomic E-state index is 13.0. The van der Waals surface area contributed by atoms with Crippen LogP contribution in [0.1, 0.15) is 36.1 Å². The second-order valence-corrected chi connectivity index (χ2v) is 7.96. The van der Waals surface area contributed by atoms with Crippen LogP contribution < -0.4 is 5.32 Å². The number of rotatable bonds is 4. The highest BCUT2D eigenvalue weighted by Crippen LogP contribution is 2.26. The smallest absolute Gasteiger partial charge is 0.254 e. The summed E-state index contributed by atoms with van der Waals surface area (Å²) >= 11 is 1.81. The lowest BCUT2D eigenvalue weighted by Crippen LogP contribution is -2.49. The topological polar surface area (TPSA) is 50.2 Å². The molecule has 3 rings (SSSR count). The summed E-state index contributed by atoms with van der Waals surface area (Å²) in [6, 6.07) is 7.91. The van der Waals surface area contributed by atoms with E-state index < -0.39 is 0 Å². The van der Waals surface area contributed by atoms with E-state index in [0.717, 1.165) is 24.5 Å². The fourth-order valence-electron chi connectivity index (χ4n) is 2.99. The molecule has 1 aliphatic rings. The lowest BCUT2D eigenvalue weighted by molar-refractivity contribution is 0.0621. The van der Waals surface area contributed by atoms with E-state index in [9.17, 15) is 4.79 Å². The molecule has 0 radical (unpaired) electrons. The van der Waals surface area contributed by atoms with Gasteiger partial charge in [0, 0.05) is 54.8 Å². The number of benzene rings is 1. The Morgan fingerprint density at radius 3 is 2.64 bits per heavy atom. The van der Waals surface area contributed by atoms with Crippen molar-refractivity contribution >= 4 is 30.1 Å². The van der Waals surface area contributed by atoms with Gasteiger partial charge in [-0.1, -0.05) is 13.8 Å². The minimum Gasteiger partial charge on any atom is -0.336 e. The predicted octanol–water partition coefficient (Wildman–Crippen LogP) is 3.13. The molecule has 1 aliphatic heterocycles. The molecule has 1 unspecified atom stereocenters. The first-order valence-electron chi connectivity index (χ1n) is 8.32. The van der Waals surface area contributed by atoms with Crippen LogP contribution in [0.3, 0.4) is 0 Å². The number of halogens is 1. The van der Waals surface area contributed by atoms with E-state index in [1.165, 1.54) is 4.90 Å². The van der Waals surface area contributed by atoms with Crippen LogP contribution in [-0.4, -0.2) is 45.2 Å². The van der Waals surface area contributed by atoms with Gasteiger partial charge in [0.15, 0.2) is 0 Å². The quantitative estimate of drug-likeness (QED) is 0.828. The van der Waals surface area contributed by atoms with Gasteiger partial charge in [-0.05, 0) is 24.3 Å². The summed E-state index contributed by atoms with van der Waals surface area (Å²) in [5, 5.41) is 3.90. The normalized spacial score (nSPS) is 17.4. The van der Waals surface area contributed by atoms with Gasteiger partial charge in [0.25, 0.3) is 5.91 Å². The first kappa shape index (κ1) is 19.8. The maximum Gasteiger partial charge on any atom is 0.254 e. The Morgan fingerprint density at radius 2 is 2.04 bits per heavy atom. The van der Waals surface area contributed by atoms with Gasteiger partial charge in [-0.15, -0.1) is 24.2 Å². The third kappa shape index (κ3) is 4.57. The van der Waals surface area contributed by atoms with Crippen molar-refractivity contribution in [3.63, 3.8) is 0 Å². The second-order valence-electron chi connectivity index (χ2n) is 6.31. The minimum atomic E-state index is -0.0315. The molecule has 1 N–H and O–H groups in total. The van der Waals surface area contributed by atoms with Gasteiger partial charge < -0.3 is 14.8 Å². The minimum absolute atomic E-state index is 0. The van der Waals surface area contributed by atoms with Crippen LogP contribution in [0.2, 0.25) is 0 Å². The van der Waals surface area contributed by atoms with Gasteiger partial charge in [0.1, 0.15) is 11.9 Å². The molecule has 0 spiro atoms. The van der Waals surface area contributed by atoms with Crippen LogP contribution in [0.25, 0.3) is 0 Å². The van der Waals surface area contributed by atoms with Crippen LogP contribution in [0.5, 0.6) is 0 Å². The van der Waals surface area contributed by atoms with E-state index in [2.05, 4.69) is 24.1 Å². The molecule has 0 saturated carbocycles. The first-order valence-corrected chi connectivity index (χ1v) is 9.20. The highest BCUT2D eigenvalue weighted by Gasteiger charge is 2.30. The number of thioether (sulfide) groups is 1. The van der Waals surface area contributed by atoms with Crippen molar-refractivity contribution in [2.75, 3.05) is 19.6 Å². The lowest BCUT2D eigenvalue weighted by Gasteiger charge is -2.35. The zero-order valence-corrected chi connectivity index (χ0v) is 16.4. The van der Waals surface area contributed by atoms with Crippen molar-refractivity contribution in [1.29, 1.82) is 0 Å². The Hall–Kier alpha value is -1.50. The van der Waals surface area contributed by atoms with Crippen molar-refractivity contribution < 1.29 is 4.79 Å². The van der Waals surface area contributed by atoms with Gasteiger partial charge >= 0.3 is 0 Å². The van der Waals surface area contributed by atoms with Crippen LogP contribution in [-0.2, 0) is 7.05 Å². The molecule has 25 heavy (non-hydrogen) atoms. The van der Waals surface area contributed by atoms with Gasteiger partial charge in [-0.25, -0.2) is 4.98 Å². The van der Waals surface area contributed by atoms with E-state index in [-0.39, 0.29) is 24.4 Å². The summed E-state index contributed by atoms with van der Waals surface area (Å²) in [6.07, 6.45) is 3.70. The summed E-state index contributed by atoms with van der Waals surface area (Å²) in [7, 11) is 1.97. The molecule has 1 saturated heterocycles. The second kappa shape index (κ2) is 8.74. The molecule has 2 heterocycles. The van der Waals surface area contributed by atoms with Crippen LogP contribution in [0.15, 0.2) is 41.6 Å². The first-order chi connectivity index (χ1) is 11.6. The largest absolute Gasteiger partial charge is 0.336 e. The molecule has 136 valence electrons. The van der Waals surface area contributed by atoms with E-state index in [0.29, 0.717) is 11.8 Å². The summed E-state index contributed by atoms with van der Waals surface area (Å²) in [5.74, 6) is 0.994. The van der Waals surface area contributed by atoms with E-state index >= 15 is 0 Å². The molecule has 7 heteroatoms. The number of nitrogens with one attached hydrogen (secondary N) is 1. The Bertz CT molecular complexity index is 701. The number of piperazine rings is 1. The summed E-state index contributed by atoms with van der Waals surface area (Å²) < 4.78 is 1.99. The van der Waals surface area contributed by atoms with Crippen molar-refractivity contribution in [2.45, 2.75) is 30.0 Å². The van der Waals surface area contributed by atoms with Gasteiger partial charge in [0.2, 0.25) is 0 Å². The number of nitrogens with zero attached hydrogens (tertiary/aromatic N) is 3. The highest BCUT2D eigenvalue weighted by atomic mass is 35.5. The molecule has 1 atom stereocenters. The molecule has 1 amide bonds. The van der Waals surface area contributed by atoms with Crippen molar-refractivity contribution in [3.05, 3.63) is 48.0 Å². The zero-order chi connectivity index (χ0) is 17.1. The van der Waals surface area contributed by atoms with Crippen molar-refractivity contribution in [2.24, 2.45) is 7.05 Å². The van der Waals surface area contributed by atoms with Crippen molar-refractivity contribution in [3.8, 4) is 0 Å². The summed E-state index contributed by atoms with van der Waals surface area (Å²) in [5.41, 5.74) is 0.740. The maximum absolute atomic E-state index is 13.0. The molecular formula is C18H25ClN4OS. The molecule has 1 aromatic carbocycles. The lowest BCUT2D eigenvalue weighted by atomic mass is 10.1. The monoisotopic (exact) mass is 380 g/mol. The molecule has 0 aliphatic carbocycles. The highest BCUT2D eigenvalue weighted by molar-refractivity contribution is 7.99. The molecule has 1 fully saturated rings. The molecule has 2 aromatic rings. The zero-order valence-electron chi connectivity index (χ0n) is 14.8. The Morgan fingerprint density at radius 1 is 1.32 bits per heavy atom. The number of imidazole rings is 1.